The van der Waals surface area contributed by atoms with Gasteiger partial charge in [0.2, 0.25) is 0 Å². The Kier molecular flexibility index (Phi) is 3.63. The second-order valence-corrected chi connectivity index (χ2v) is 4.28. The summed E-state index contributed by atoms with van der Waals surface area (Å²) in [7, 11) is 1.65. The van der Waals surface area contributed by atoms with E-state index < -0.39 is 12.5 Å². The van der Waals surface area contributed by atoms with Gasteiger partial charge in [-0.15, -0.1) is 0 Å². The maximum atomic E-state index is 12.4. The number of aliphatic hydroxyl groups is 1. The quantitative estimate of drug-likeness (QED) is 0.932. The summed E-state index contributed by atoms with van der Waals surface area (Å²) in [5.74, 6) is 0. The topological polar surface area (TPSA) is 38.0 Å². The fourth-order valence-corrected chi connectivity index (χ4v) is 1.98. The van der Waals surface area contributed by atoms with Gasteiger partial charge in [0.05, 0.1) is 16.9 Å². The lowest BCUT2D eigenvalue weighted by Gasteiger charge is -2.12. The van der Waals surface area contributed by atoms with Crippen LogP contribution in [-0.4, -0.2) is 14.9 Å². The molecule has 96 valence electrons. The van der Waals surface area contributed by atoms with Crippen molar-refractivity contribution in [3.63, 3.8) is 0 Å². The maximum absolute atomic E-state index is 12.4. The normalized spacial score (nSPS) is 13.0. The number of hydrogen-bond acceptors (Lipinski definition) is 2. The van der Waals surface area contributed by atoms with Crippen molar-refractivity contribution in [1.82, 2.24) is 9.78 Å². The Bertz CT molecular complexity index is 520. The lowest BCUT2D eigenvalue weighted by Crippen LogP contribution is -2.07. The van der Waals surface area contributed by atoms with Gasteiger partial charge in [0, 0.05) is 12.6 Å². The van der Waals surface area contributed by atoms with Crippen LogP contribution in [0.4, 0.5) is 8.78 Å². The highest BCUT2D eigenvalue weighted by atomic mass is 35.5. The van der Waals surface area contributed by atoms with E-state index in [9.17, 15) is 13.9 Å². The monoisotopic (exact) mass is 272 g/mol. The first-order chi connectivity index (χ1) is 8.50. The Labute approximate surface area is 108 Å². The number of aryl methyl sites for hydroxylation is 1. The van der Waals surface area contributed by atoms with Crippen LogP contribution < -0.4 is 0 Å². The number of hydrogen-bond donors (Lipinski definition) is 1. The average molecular weight is 273 g/mol. The van der Waals surface area contributed by atoms with E-state index >= 15 is 0 Å². The van der Waals surface area contributed by atoms with Gasteiger partial charge in [-0.2, -0.15) is 5.10 Å². The molecule has 1 N–H and O–H groups in total. The van der Waals surface area contributed by atoms with Crippen LogP contribution >= 0.6 is 11.6 Å². The van der Waals surface area contributed by atoms with Gasteiger partial charge in [-0.3, -0.25) is 4.68 Å². The SMILES string of the molecule is Cn1ncc(Cl)c1C(O)c1ccc(C(F)F)cc1. The van der Waals surface area contributed by atoms with Gasteiger partial charge >= 0.3 is 0 Å². The largest absolute Gasteiger partial charge is 0.382 e. The second-order valence-electron chi connectivity index (χ2n) is 3.87. The van der Waals surface area contributed by atoms with Gasteiger partial charge in [-0.05, 0) is 5.56 Å². The van der Waals surface area contributed by atoms with E-state index in [1.807, 2.05) is 0 Å². The lowest BCUT2D eigenvalue weighted by atomic mass is 10.0. The van der Waals surface area contributed by atoms with Crippen LogP contribution in [0.5, 0.6) is 0 Å². The summed E-state index contributed by atoms with van der Waals surface area (Å²) in [5, 5.41) is 14.4. The third-order valence-electron chi connectivity index (χ3n) is 2.70. The molecule has 1 atom stereocenters. The molecule has 0 aliphatic carbocycles. The Morgan fingerprint density at radius 2 is 1.78 bits per heavy atom. The van der Waals surface area contributed by atoms with Crippen LogP contribution in [0.3, 0.4) is 0 Å². The van der Waals surface area contributed by atoms with E-state index in [0.717, 1.165) is 0 Å². The number of halogens is 3. The van der Waals surface area contributed by atoms with Crippen LogP contribution in [0.2, 0.25) is 5.02 Å². The van der Waals surface area contributed by atoms with Gasteiger partial charge in [-0.25, -0.2) is 8.78 Å². The maximum Gasteiger partial charge on any atom is 0.263 e. The van der Waals surface area contributed by atoms with Crippen molar-refractivity contribution in [2.75, 3.05) is 0 Å². The summed E-state index contributed by atoms with van der Waals surface area (Å²) in [6.07, 6.45) is -2.08. The summed E-state index contributed by atoms with van der Waals surface area (Å²) in [5.41, 5.74) is 0.841. The molecule has 2 rings (SSSR count). The first-order valence-corrected chi connectivity index (χ1v) is 5.62. The third-order valence-corrected chi connectivity index (χ3v) is 2.99. The highest BCUT2D eigenvalue weighted by molar-refractivity contribution is 6.31. The highest BCUT2D eigenvalue weighted by Gasteiger charge is 2.18. The molecule has 6 heteroatoms. The number of benzene rings is 1. The van der Waals surface area contributed by atoms with Gasteiger partial charge in [0.25, 0.3) is 6.43 Å². The minimum Gasteiger partial charge on any atom is -0.382 e. The molecule has 0 fully saturated rings. The molecule has 0 aliphatic heterocycles. The van der Waals surface area contributed by atoms with Crippen LogP contribution in [0, 0.1) is 0 Å². The Balaban J connectivity index is 2.32. The minimum atomic E-state index is -2.52. The van der Waals surface area contributed by atoms with Crippen molar-refractivity contribution in [3.05, 3.63) is 52.3 Å². The Morgan fingerprint density at radius 3 is 2.22 bits per heavy atom. The van der Waals surface area contributed by atoms with Crippen LogP contribution in [0.1, 0.15) is 29.4 Å². The Morgan fingerprint density at radius 1 is 1.22 bits per heavy atom. The van der Waals surface area contributed by atoms with E-state index in [0.29, 0.717) is 16.3 Å². The zero-order valence-electron chi connectivity index (χ0n) is 9.52. The minimum absolute atomic E-state index is 0.0814. The smallest absolute Gasteiger partial charge is 0.263 e. The number of nitrogens with zero attached hydrogens (tertiary/aromatic N) is 2. The second kappa shape index (κ2) is 5.04. The number of aromatic nitrogens is 2. The summed E-state index contributed by atoms with van der Waals surface area (Å²) in [6.45, 7) is 0. The summed E-state index contributed by atoms with van der Waals surface area (Å²) in [6, 6.07) is 5.48. The molecule has 0 saturated heterocycles. The highest BCUT2D eigenvalue weighted by Crippen LogP contribution is 2.28. The number of alkyl halides is 2. The van der Waals surface area contributed by atoms with Gasteiger partial charge < -0.3 is 5.11 Å². The van der Waals surface area contributed by atoms with E-state index in [2.05, 4.69) is 5.10 Å². The van der Waals surface area contributed by atoms with Crippen LogP contribution in [0.15, 0.2) is 30.5 Å². The molecule has 1 heterocycles. The number of aliphatic hydroxyl groups excluding tert-OH is 1. The first kappa shape index (κ1) is 13.0. The van der Waals surface area contributed by atoms with E-state index in [1.54, 1.807) is 7.05 Å². The molecule has 2 aromatic rings. The fraction of sp³-hybridized carbons (Fsp3) is 0.250. The molecular formula is C12H11ClF2N2O. The van der Waals surface area contributed by atoms with E-state index in [1.165, 1.54) is 35.1 Å². The first-order valence-electron chi connectivity index (χ1n) is 5.24. The Hall–Kier alpha value is -1.46. The van der Waals surface area contributed by atoms with Crippen molar-refractivity contribution in [2.45, 2.75) is 12.5 Å². The molecule has 0 aliphatic rings. The van der Waals surface area contributed by atoms with Crippen molar-refractivity contribution >= 4 is 11.6 Å². The van der Waals surface area contributed by atoms with Crippen LogP contribution in [0.25, 0.3) is 0 Å². The molecule has 0 spiro atoms. The molecule has 0 bridgehead atoms. The summed E-state index contributed by atoms with van der Waals surface area (Å²) >= 11 is 5.91. The van der Waals surface area contributed by atoms with E-state index in [4.69, 9.17) is 11.6 Å². The predicted octanol–water partition coefficient (Wildman–Crippen LogP) is 3.09. The molecule has 0 radical (unpaired) electrons. The molecule has 3 nitrogen and oxygen atoms in total. The van der Waals surface area contributed by atoms with Crippen molar-refractivity contribution < 1.29 is 13.9 Å². The van der Waals surface area contributed by atoms with E-state index in [-0.39, 0.29) is 5.56 Å². The summed E-state index contributed by atoms with van der Waals surface area (Å²) < 4.78 is 26.3. The molecule has 1 aromatic heterocycles. The van der Waals surface area contributed by atoms with Crippen LogP contribution in [-0.2, 0) is 7.05 Å². The van der Waals surface area contributed by atoms with Crippen molar-refractivity contribution in [3.8, 4) is 0 Å². The fourth-order valence-electron chi connectivity index (χ4n) is 1.71. The predicted molar refractivity (Wildman–Crippen MR) is 63.7 cm³/mol. The third kappa shape index (κ3) is 2.37. The molecule has 1 unspecified atom stereocenters. The average Bonchev–Trinajstić information content (AvgIpc) is 2.68. The standard InChI is InChI=1S/C12H11ClF2N2O/c1-17-10(9(13)6-16-17)11(18)7-2-4-8(5-3-7)12(14)15/h2-6,11-12,18H,1H3. The zero-order valence-corrected chi connectivity index (χ0v) is 10.3. The molecule has 0 saturated carbocycles. The summed E-state index contributed by atoms with van der Waals surface area (Å²) in [4.78, 5) is 0. The molecule has 1 aromatic carbocycles. The zero-order chi connectivity index (χ0) is 13.3. The van der Waals surface area contributed by atoms with Gasteiger partial charge in [-0.1, -0.05) is 35.9 Å². The molecule has 0 amide bonds. The van der Waals surface area contributed by atoms with Gasteiger partial charge in [0.1, 0.15) is 6.10 Å². The molecule has 18 heavy (non-hydrogen) atoms. The van der Waals surface area contributed by atoms with Crippen molar-refractivity contribution in [1.29, 1.82) is 0 Å². The molecular weight excluding hydrogens is 262 g/mol. The lowest BCUT2D eigenvalue weighted by molar-refractivity contribution is 0.151. The van der Waals surface area contributed by atoms with Gasteiger partial charge in [0.15, 0.2) is 0 Å². The number of rotatable bonds is 3. The van der Waals surface area contributed by atoms with Crippen molar-refractivity contribution in [2.24, 2.45) is 7.05 Å².